The topological polar surface area (TPSA) is 24.5 Å². The number of ether oxygens (including phenoxy) is 1. The third-order valence-electron chi connectivity index (χ3n) is 4.26. The van der Waals surface area contributed by atoms with Crippen LogP contribution in [0.4, 0.5) is 0 Å². The first-order valence-corrected chi connectivity index (χ1v) is 6.90. The van der Waals surface area contributed by atoms with Gasteiger partial charge in [0.15, 0.2) is 0 Å². The minimum atomic E-state index is 0.486. The highest BCUT2D eigenvalue weighted by Gasteiger charge is 2.43. The van der Waals surface area contributed by atoms with E-state index in [0.717, 1.165) is 12.2 Å². The van der Waals surface area contributed by atoms with E-state index in [1.807, 2.05) is 12.1 Å². The molecule has 0 amide bonds. The molecule has 0 unspecified atom stereocenters. The molecule has 0 saturated carbocycles. The Bertz CT molecular complexity index is 387. The molecule has 0 radical (unpaired) electrons. The Morgan fingerprint density at radius 2 is 2.06 bits per heavy atom. The van der Waals surface area contributed by atoms with E-state index >= 15 is 0 Å². The Morgan fingerprint density at radius 1 is 1.28 bits per heavy atom. The van der Waals surface area contributed by atoms with Crippen molar-refractivity contribution in [2.45, 2.75) is 24.8 Å². The zero-order valence-corrected chi connectivity index (χ0v) is 11.1. The predicted octanol–water partition coefficient (Wildman–Crippen LogP) is 1.68. The molecule has 2 fully saturated rings. The number of benzene rings is 1. The standard InChI is InChI=1S/C15H22N2O/c1-18-14-5-3-13(4-6-14)7-10-17-11-15(12-17)8-2-9-16-15/h3-6,16H,2,7-12H2,1H3. The Morgan fingerprint density at radius 3 is 2.67 bits per heavy atom. The quantitative estimate of drug-likeness (QED) is 0.874. The van der Waals surface area contributed by atoms with Crippen molar-refractivity contribution in [2.24, 2.45) is 0 Å². The molecule has 3 nitrogen and oxygen atoms in total. The fourth-order valence-corrected chi connectivity index (χ4v) is 3.19. The van der Waals surface area contributed by atoms with Crippen LogP contribution in [0.3, 0.4) is 0 Å². The molecule has 18 heavy (non-hydrogen) atoms. The van der Waals surface area contributed by atoms with Crippen molar-refractivity contribution in [1.82, 2.24) is 10.2 Å². The minimum absolute atomic E-state index is 0.486. The van der Waals surface area contributed by atoms with E-state index < -0.39 is 0 Å². The number of hydrogen-bond donors (Lipinski definition) is 1. The van der Waals surface area contributed by atoms with E-state index in [9.17, 15) is 0 Å². The highest BCUT2D eigenvalue weighted by Crippen LogP contribution is 2.29. The maximum atomic E-state index is 5.17. The van der Waals surface area contributed by atoms with Crippen LogP contribution in [0.2, 0.25) is 0 Å². The molecule has 3 rings (SSSR count). The SMILES string of the molecule is COc1ccc(CCN2CC3(CCCN3)C2)cc1. The van der Waals surface area contributed by atoms with Crippen molar-refractivity contribution in [3.63, 3.8) is 0 Å². The summed E-state index contributed by atoms with van der Waals surface area (Å²) >= 11 is 0. The second kappa shape index (κ2) is 4.90. The first-order chi connectivity index (χ1) is 8.80. The van der Waals surface area contributed by atoms with Gasteiger partial charge >= 0.3 is 0 Å². The Balaban J connectivity index is 1.44. The molecule has 0 aliphatic carbocycles. The summed E-state index contributed by atoms with van der Waals surface area (Å²) in [5.41, 5.74) is 1.89. The molecule has 0 atom stereocenters. The lowest BCUT2D eigenvalue weighted by atomic mass is 9.88. The number of rotatable bonds is 4. The normalized spacial score (nSPS) is 22.1. The minimum Gasteiger partial charge on any atom is -0.497 e. The highest BCUT2D eigenvalue weighted by atomic mass is 16.5. The van der Waals surface area contributed by atoms with Crippen molar-refractivity contribution < 1.29 is 4.74 Å². The molecule has 1 spiro atoms. The maximum absolute atomic E-state index is 5.17. The van der Waals surface area contributed by atoms with Crippen LogP contribution in [-0.2, 0) is 6.42 Å². The van der Waals surface area contributed by atoms with Crippen LogP contribution in [0.15, 0.2) is 24.3 Å². The second-order valence-electron chi connectivity index (χ2n) is 5.62. The van der Waals surface area contributed by atoms with E-state index in [-0.39, 0.29) is 0 Å². The van der Waals surface area contributed by atoms with Crippen LogP contribution in [0.5, 0.6) is 5.75 Å². The Kier molecular flexibility index (Phi) is 3.27. The van der Waals surface area contributed by atoms with Crippen LogP contribution in [0.25, 0.3) is 0 Å². The van der Waals surface area contributed by atoms with Gasteiger partial charge in [-0.05, 0) is 43.5 Å². The van der Waals surface area contributed by atoms with E-state index in [0.29, 0.717) is 5.54 Å². The van der Waals surface area contributed by atoms with Crippen molar-refractivity contribution >= 4 is 0 Å². The summed E-state index contributed by atoms with van der Waals surface area (Å²) in [5, 5.41) is 3.65. The van der Waals surface area contributed by atoms with Gasteiger partial charge in [0.05, 0.1) is 7.11 Å². The average molecular weight is 246 g/mol. The molecule has 2 aliphatic rings. The molecule has 1 aromatic rings. The number of nitrogens with zero attached hydrogens (tertiary/aromatic N) is 1. The van der Waals surface area contributed by atoms with Gasteiger partial charge in [0.2, 0.25) is 0 Å². The van der Waals surface area contributed by atoms with Gasteiger partial charge in [0.1, 0.15) is 5.75 Å². The average Bonchev–Trinajstić information content (AvgIpc) is 2.85. The summed E-state index contributed by atoms with van der Waals surface area (Å²) in [5.74, 6) is 0.941. The van der Waals surface area contributed by atoms with Crippen LogP contribution in [0, 0.1) is 0 Å². The van der Waals surface area contributed by atoms with Gasteiger partial charge in [0.25, 0.3) is 0 Å². The monoisotopic (exact) mass is 246 g/mol. The van der Waals surface area contributed by atoms with E-state index in [2.05, 4.69) is 22.3 Å². The fourth-order valence-electron chi connectivity index (χ4n) is 3.19. The van der Waals surface area contributed by atoms with Gasteiger partial charge in [-0.2, -0.15) is 0 Å². The van der Waals surface area contributed by atoms with E-state index in [1.54, 1.807) is 7.11 Å². The highest BCUT2D eigenvalue weighted by molar-refractivity contribution is 5.27. The summed E-state index contributed by atoms with van der Waals surface area (Å²) in [6.07, 6.45) is 3.86. The lowest BCUT2D eigenvalue weighted by Crippen LogP contribution is -2.66. The van der Waals surface area contributed by atoms with Crippen molar-refractivity contribution in [3.05, 3.63) is 29.8 Å². The van der Waals surface area contributed by atoms with Crippen LogP contribution in [0.1, 0.15) is 18.4 Å². The van der Waals surface area contributed by atoms with E-state index in [1.165, 1.54) is 44.6 Å². The molecule has 2 aliphatic heterocycles. The Hall–Kier alpha value is -1.06. The largest absolute Gasteiger partial charge is 0.497 e. The molecular formula is C15H22N2O. The third kappa shape index (κ3) is 2.38. The van der Waals surface area contributed by atoms with Gasteiger partial charge in [0, 0.05) is 25.2 Å². The summed E-state index contributed by atoms with van der Waals surface area (Å²) < 4.78 is 5.17. The smallest absolute Gasteiger partial charge is 0.118 e. The molecule has 1 N–H and O–H groups in total. The molecule has 0 aromatic heterocycles. The summed E-state index contributed by atoms with van der Waals surface area (Å²) in [4.78, 5) is 2.56. The van der Waals surface area contributed by atoms with Gasteiger partial charge in [-0.1, -0.05) is 12.1 Å². The summed E-state index contributed by atoms with van der Waals surface area (Å²) in [7, 11) is 1.71. The van der Waals surface area contributed by atoms with Crippen LogP contribution >= 0.6 is 0 Å². The fraction of sp³-hybridized carbons (Fsp3) is 0.600. The lowest BCUT2D eigenvalue weighted by Gasteiger charge is -2.48. The summed E-state index contributed by atoms with van der Waals surface area (Å²) in [6, 6.07) is 8.43. The molecule has 0 bridgehead atoms. The third-order valence-corrected chi connectivity index (χ3v) is 4.26. The number of likely N-dealkylation sites (tertiary alicyclic amines) is 1. The molecule has 98 valence electrons. The van der Waals surface area contributed by atoms with Crippen molar-refractivity contribution in [2.75, 3.05) is 33.3 Å². The van der Waals surface area contributed by atoms with Crippen LogP contribution < -0.4 is 10.1 Å². The lowest BCUT2D eigenvalue weighted by molar-refractivity contribution is 0.0569. The number of methoxy groups -OCH3 is 1. The molecule has 3 heteroatoms. The summed E-state index contributed by atoms with van der Waals surface area (Å²) in [6.45, 7) is 4.87. The molecule has 2 saturated heterocycles. The Labute approximate surface area is 109 Å². The molecule has 2 heterocycles. The first-order valence-electron chi connectivity index (χ1n) is 6.90. The van der Waals surface area contributed by atoms with Crippen LogP contribution in [-0.4, -0.2) is 43.7 Å². The zero-order valence-electron chi connectivity index (χ0n) is 11.1. The van der Waals surface area contributed by atoms with Gasteiger partial charge in [-0.15, -0.1) is 0 Å². The molecular weight excluding hydrogens is 224 g/mol. The van der Waals surface area contributed by atoms with E-state index in [4.69, 9.17) is 4.74 Å². The second-order valence-corrected chi connectivity index (χ2v) is 5.62. The van der Waals surface area contributed by atoms with Gasteiger partial charge in [-0.3, -0.25) is 4.90 Å². The molecule has 1 aromatic carbocycles. The van der Waals surface area contributed by atoms with Gasteiger partial charge < -0.3 is 10.1 Å². The maximum Gasteiger partial charge on any atom is 0.118 e. The van der Waals surface area contributed by atoms with Crippen molar-refractivity contribution in [3.8, 4) is 5.75 Å². The predicted molar refractivity (Wildman–Crippen MR) is 73.1 cm³/mol. The van der Waals surface area contributed by atoms with Crippen molar-refractivity contribution in [1.29, 1.82) is 0 Å². The number of nitrogens with one attached hydrogen (secondary N) is 1. The van der Waals surface area contributed by atoms with Gasteiger partial charge in [-0.25, -0.2) is 0 Å². The zero-order chi connectivity index (χ0) is 12.4. The number of hydrogen-bond acceptors (Lipinski definition) is 3. The first kappa shape index (κ1) is 12.0.